The number of amides is 2. The summed E-state index contributed by atoms with van der Waals surface area (Å²) < 4.78 is 39.7. The van der Waals surface area contributed by atoms with Crippen LogP contribution in [0.3, 0.4) is 0 Å². The molecule has 0 radical (unpaired) electrons. The number of aliphatic hydroxyl groups excluding tert-OH is 1. The summed E-state index contributed by atoms with van der Waals surface area (Å²) in [4.78, 5) is 28.1. The molecule has 3 N–H and O–H groups in total. The van der Waals surface area contributed by atoms with Crippen LogP contribution in [0.4, 0.5) is 18.9 Å². The summed E-state index contributed by atoms with van der Waals surface area (Å²) in [5.41, 5.74) is -0.454. The lowest BCUT2D eigenvalue weighted by Crippen LogP contribution is -2.28. The van der Waals surface area contributed by atoms with Crippen molar-refractivity contribution in [3.8, 4) is 0 Å². The first kappa shape index (κ1) is 22.5. The molecule has 1 heterocycles. The van der Waals surface area contributed by atoms with Crippen LogP contribution in [0.5, 0.6) is 0 Å². The van der Waals surface area contributed by atoms with Crippen LogP contribution in [0.1, 0.15) is 11.3 Å². The van der Waals surface area contributed by atoms with Gasteiger partial charge in [0, 0.05) is 12.2 Å². The molecule has 7 nitrogen and oxygen atoms in total. The minimum atomic E-state index is -4.51. The average Bonchev–Trinajstić information content (AvgIpc) is 3.05. The Kier molecular flexibility index (Phi) is 7.85. The van der Waals surface area contributed by atoms with Crippen molar-refractivity contribution >= 4 is 29.3 Å². The predicted octanol–water partition coefficient (Wildman–Crippen LogP) is 2.43. The third-order valence-electron chi connectivity index (χ3n) is 3.61. The van der Waals surface area contributed by atoms with E-state index >= 15 is 0 Å². The number of anilines is 1. The Hall–Kier alpha value is -2.79. The normalized spacial score (nSPS) is 11.2. The monoisotopic (exact) mass is 428 g/mol. The van der Waals surface area contributed by atoms with Crippen molar-refractivity contribution in [2.75, 3.05) is 17.6 Å². The van der Waals surface area contributed by atoms with Crippen LogP contribution in [-0.2, 0) is 28.9 Å². The smallest absolute Gasteiger partial charge is 0.390 e. The number of aliphatic hydroxyl groups is 1. The number of benzene rings is 1. The maximum absolute atomic E-state index is 12.8. The first-order valence-electron chi connectivity index (χ1n) is 8.37. The molecule has 0 saturated heterocycles. The van der Waals surface area contributed by atoms with Gasteiger partial charge in [-0.3, -0.25) is 9.59 Å². The number of alkyl halides is 3. The van der Waals surface area contributed by atoms with Gasteiger partial charge in [0.25, 0.3) is 0 Å². The fourth-order valence-corrected chi connectivity index (χ4v) is 3.09. The zero-order valence-corrected chi connectivity index (χ0v) is 16.0. The van der Waals surface area contributed by atoms with E-state index in [1.807, 2.05) is 0 Å². The van der Waals surface area contributed by atoms with Crippen LogP contribution < -0.4 is 10.6 Å². The molecule has 2 rings (SSSR count). The minimum Gasteiger partial charge on any atom is -0.390 e. The molecular weight excluding hydrogens is 409 g/mol. The molecule has 0 saturated carbocycles. The highest BCUT2D eigenvalue weighted by atomic mass is 32.2. The summed E-state index contributed by atoms with van der Waals surface area (Å²) in [7, 11) is 0. The van der Waals surface area contributed by atoms with E-state index < -0.39 is 17.6 Å². The number of thioether (sulfide) groups is 1. The van der Waals surface area contributed by atoms with E-state index in [1.54, 1.807) is 0 Å². The van der Waals surface area contributed by atoms with Gasteiger partial charge in [0.05, 0.1) is 29.8 Å². The SMILES string of the molecule is C=CCNC(=O)Cn1c(CO)cnc1SCC(=O)Nc1cccc(C(F)(F)F)c1. The van der Waals surface area contributed by atoms with E-state index in [9.17, 15) is 27.9 Å². The standard InChI is InChI=1S/C18H19F3N4O3S/c1-2-6-22-15(27)9-25-14(10-26)8-23-17(25)29-11-16(28)24-13-5-3-4-12(7-13)18(19,20)21/h2-5,7-8,26H,1,6,9-11H2,(H,22,27)(H,24,28). The van der Waals surface area contributed by atoms with E-state index in [4.69, 9.17) is 0 Å². The Labute approximate surface area is 169 Å². The summed E-state index contributed by atoms with van der Waals surface area (Å²) in [6.45, 7) is 3.32. The molecule has 1 aromatic heterocycles. The molecule has 0 bridgehead atoms. The van der Waals surface area contributed by atoms with Crippen LogP contribution in [0.2, 0.25) is 0 Å². The fourth-order valence-electron chi connectivity index (χ4n) is 2.29. The average molecular weight is 428 g/mol. The number of nitrogens with one attached hydrogen (secondary N) is 2. The lowest BCUT2D eigenvalue weighted by atomic mass is 10.2. The topological polar surface area (TPSA) is 96.2 Å². The number of nitrogens with zero attached hydrogens (tertiary/aromatic N) is 2. The largest absolute Gasteiger partial charge is 0.416 e. The summed E-state index contributed by atoms with van der Waals surface area (Å²) >= 11 is 0.992. The first-order valence-corrected chi connectivity index (χ1v) is 9.36. The van der Waals surface area contributed by atoms with E-state index in [0.29, 0.717) is 10.9 Å². The molecule has 156 valence electrons. The molecule has 0 unspecified atom stereocenters. The van der Waals surface area contributed by atoms with Crippen LogP contribution in [0.25, 0.3) is 0 Å². The van der Waals surface area contributed by atoms with Gasteiger partial charge in [0.15, 0.2) is 5.16 Å². The molecule has 0 aliphatic carbocycles. The number of carbonyl (C=O) groups is 2. The second-order valence-corrected chi connectivity index (χ2v) is 6.73. The Morgan fingerprint density at radius 1 is 1.31 bits per heavy atom. The molecule has 0 fully saturated rings. The van der Waals surface area contributed by atoms with E-state index in [0.717, 1.165) is 23.9 Å². The van der Waals surface area contributed by atoms with Crippen molar-refractivity contribution in [1.29, 1.82) is 0 Å². The molecule has 1 aromatic carbocycles. The third-order valence-corrected chi connectivity index (χ3v) is 4.61. The maximum atomic E-state index is 12.8. The van der Waals surface area contributed by atoms with Crippen molar-refractivity contribution in [2.45, 2.75) is 24.5 Å². The molecule has 29 heavy (non-hydrogen) atoms. The molecule has 11 heteroatoms. The van der Waals surface area contributed by atoms with E-state index in [-0.39, 0.29) is 37.0 Å². The van der Waals surface area contributed by atoms with Gasteiger partial charge >= 0.3 is 6.18 Å². The van der Waals surface area contributed by atoms with Crippen LogP contribution >= 0.6 is 11.8 Å². The van der Waals surface area contributed by atoms with Gasteiger partial charge < -0.3 is 20.3 Å². The fraction of sp³-hybridized carbons (Fsp3) is 0.278. The lowest BCUT2D eigenvalue weighted by Gasteiger charge is -2.11. The predicted molar refractivity (Wildman–Crippen MR) is 102 cm³/mol. The number of carbonyl (C=O) groups excluding carboxylic acids is 2. The van der Waals surface area contributed by atoms with Crippen molar-refractivity contribution in [3.05, 3.63) is 54.4 Å². The van der Waals surface area contributed by atoms with E-state index in [2.05, 4.69) is 22.2 Å². The zero-order valence-electron chi connectivity index (χ0n) is 15.2. The number of hydrogen-bond acceptors (Lipinski definition) is 5. The van der Waals surface area contributed by atoms with Gasteiger partial charge in [-0.1, -0.05) is 23.9 Å². The van der Waals surface area contributed by atoms with Crippen molar-refractivity contribution in [2.24, 2.45) is 0 Å². The molecule has 0 spiro atoms. The lowest BCUT2D eigenvalue weighted by molar-refractivity contribution is -0.137. The Bertz CT molecular complexity index is 883. The number of halogens is 3. The number of rotatable bonds is 9. The van der Waals surface area contributed by atoms with Crippen molar-refractivity contribution < 1.29 is 27.9 Å². The Balaban J connectivity index is 2.00. The quantitative estimate of drug-likeness (QED) is 0.421. The highest BCUT2D eigenvalue weighted by Gasteiger charge is 2.30. The zero-order chi connectivity index (χ0) is 21.4. The summed E-state index contributed by atoms with van der Waals surface area (Å²) in [5.74, 6) is -1.01. The van der Waals surface area contributed by atoms with Crippen molar-refractivity contribution in [1.82, 2.24) is 14.9 Å². The van der Waals surface area contributed by atoms with Gasteiger partial charge in [-0.2, -0.15) is 13.2 Å². The number of hydrogen-bond donors (Lipinski definition) is 3. The maximum Gasteiger partial charge on any atom is 0.416 e. The van der Waals surface area contributed by atoms with Gasteiger partial charge in [0.2, 0.25) is 11.8 Å². The number of imidazole rings is 1. The Morgan fingerprint density at radius 3 is 2.72 bits per heavy atom. The third kappa shape index (κ3) is 6.64. The molecule has 0 aliphatic heterocycles. The molecule has 0 atom stereocenters. The molecular formula is C18H19F3N4O3S. The van der Waals surface area contributed by atoms with Gasteiger partial charge in [-0.15, -0.1) is 6.58 Å². The molecule has 2 aromatic rings. The molecule has 0 aliphatic rings. The van der Waals surface area contributed by atoms with Gasteiger partial charge in [-0.25, -0.2) is 4.98 Å². The second kappa shape index (κ2) is 10.1. The summed E-state index contributed by atoms with van der Waals surface area (Å²) in [5, 5.41) is 14.7. The Morgan fingerprint density at radius 2 is 2.07 bits per heavy atom. The second-order valence-electron chi connectivity index (χ2n) is 5.78. The van der Waals surface area contributed by atoms with Crippen LogP contribution in [-0.4, -0.2) is 38.8 Å². The molecule has 2 amide bonds. The summed E-state index contributed by atoms with van der Waals surface area (Å²) in [6.07, 6.45) is -1.60. The van der Waals surface area contributed by atoms with E-state index in [1.165, 1.54) is 29.0 Å². The van der Waals surface area contributed by atoms with Crippen LogP contribution in [0, 0.1) is 0 Å². The van der Waals surface area contributed by atoms with Crippen molar-refractivity contribution in [3.63, 3.8) is 0 Å². The van der Waals surface area contributed by atoms with Crippen LogP contribution in [0.15, 0.2) is 48.3 Å². The van der Waals surface area contributed by atoms with Gasteiger partial charge in [-0.05, 0) is 18.2 Å². The number of aromatic nitrogens is 2. The minimum absolute atomic E-state index is 0.0219. The van der Waals surface area contributed by atoms with Gasteiger partial charge in [0.1, 0.15) is 6.54 Å². The highest BCUT2D eigenvalue weighted by molar-refractivity contribution is 7.99. The summed E-state index contributed by atoms with van der Waals surface area (Å²) in [6, 6.07) is 4.31. The first-order chi connectivity index (χ1) is 13.7. The highest BCUT2D eigenvalue weighted by Crippen LogP contribution is 2.30.